The van der Waals surface area contributed by atoms with Gasteiger partial charge in [0.05, 0.1) is 20.8 Å². The molecule has 18 heteroatoms. The van der Waals surface area contributed by atoms with Gasteiger partial charge in [-0.1, -0.05) is 24.1 Å². The Balaban J connectivity index is 1.11. The molecule has 57 heavy (non-hydrogen) atoms. The number of hydrogen-bond acceptors (Lipinski definition) is 10. The average molecular weight is 826 g/mol. The summed E-state index contributed by atoms with van der Waals surface area (Å²) in [7, 11) is 0. The van der Waals surface area contributed by atoms with Crippen LogP contribution in [0.2, 0.25) is 5.02 Å². The fraction of sp³-hybridized carbons (Fsp3) is 0.462. The van der Waals surface area contributed by atoms with Gasteiger partial charge in [0.2, 0.25) is 0 Å². The summed E-state index contributed by atoms with van der Waals surface area (Å²) in [6.07, 6.45) is 1.98. The number of rotatable bonds is 8. The van der Waals surface area contributed by atoms with E-state index in [0.717, 1.165) is 54.7 Å². The number of halogens is 6. The number of nitrogens with zero attached hydrogens (tertiary/aromatic N) is 8. The molecular formula is C39H37ClF5N9O2S. The van der Waals surface area contributed by atoms with Gasteiger partial charge in [0, 0.05) is 67.1 Å². The van der Waals surface area contributed by atoms with Crippen LogP contribution in [0.4, 0.5) is 32.8 Å². The molecule has 0 saturated carbocycles. The van der Waals surface area contributed by atoms with Gasteiger partial charge in [-0.3, -0.25) is 14.4 Å². The van der Waals surface area contributed by atoms with E-state index in [2.05, 4.69) is 15.0 Å². The van der Waals surface area contributed by atoms with Crippen molar-refractivity contribution in [1.82, 2.24) is 29.5 Å². The van der Waals surface area contributed by atoms with Crippen molar-refractivity contribution in [2.75, 3.05) is 56.5 Å². The van der Waals surface area contributed by atoms with E-state index in [4.69, 9.17) is 27.1 Å². The van der Waals surface area contributed by atoms with Gasteiger partial charge in [-0.25, -0.2) is 22.0 Å². The lowest BCUT2D eigenvalue weighted by Gasteiger charge is -2.51. The first-order valence-corrected chi connectivity index (χ1v) is 20.1. The molecule has 4 aliphatic rings. The van der Waals surface area contributed by atoms with E-state index in [0.29, 0.717) is 50.3 Å². The first-order valence-electron chi connectivity index (χ1n) is 18.9. The number of anilines is 2. The minimum atomic E-state index is -2.67. The van der Waals surface area contributed by atoms with Gasteiger partial charge in [0.25, 0.3) is 12.3 Å². The van der Waals surface area contributed by atoms with E-state index < -0.39 is 36.3 Å². The summed E-state index contributed by atoms with van der Waals surface area (Å²) in [6.45, 7) is 2.16. The van der Waals surface area contributed by atoms with Crippen LogP contribution < -0.4 is 15.4 Å². The molecule has 298 valence electrons. The van der Waals surface area contributed by atoms with Gasteiger partial charge < -0.3 is 20.3 Å². The summed E-state index contributed by atoms with van der Waals surface area (Å²) in [5.41, 5.74) is 5.26. The van der Waals surface area contributed by atoms with Gasteiger partial charge in [-0.2, -0.15) is 20.3 Å². The number of nitriles is 1. The maximum Gasteiger partial charge on any atom is 0.319 e. The van der Waals surface area contributed by atoms with Crippen LogP contribution in [-0.2, 0) is 6.54 Å². The van der Waals surface area contributed by atoms with Crippen molar-refractivity contribution in [2.45, 2.75) is 63.2 Å². The lowest BCUT2D eigenvalue weighted by atomic mass is 9.75. The molecule has 4 aliphatic heterocycles. The zero-order valence-corrected chi connectivity index (χ0v) is 32.2. The molecule has 0 radical (unpaired) electrons. The monoisotopic (exact) mass is 825 g/mol. The first-order chi connectivity index (χ1) is 27.4. The molecule has 2 N–H and O–H groups in total. The highest BCUT2D eigenvalue weighted by Crippen LogP contribution is 2.47. The molecule has 2 atom stereocenters. The number of likely N-dealkylation sites (tertiary alicyclic amines) is 1. The van der Waals surface area contributed by atoms with Crippen molar-refractivity contribution in [2.24, 2.45) is 5.41 Å². The number of thiophene rings is 1. The molecule has 11 nitrogen and oxygen atoms in total. The van der Waals surface area contributed by atoms with E-state index >= 15 is 8.78 Å². The minimum Gasteiger partial charge on any atom is -0.461 e. The second kappa shape index (κ2) is 14.2. The number of hydrogen-bond donors (Lipinski definition) is 1. The van der Waals surface area contributed by atoms with Gasteiger partial charge in [-0.15, -0.1) is 11.3 Å². The summed E-state index contributed by atoms with van der Waals surface area (Å²) < 4.78 is 80.8. The number of amides is 1. The minimum absolute atomic E-state index is 0.0110. The van der Waals surface area contributed by atoms with E-state index in [1.807, 2.05) is 11.0 Å². The third kappa shape index (κ3) is 6.40. The third-order valence-electron chi connectivity index (χ3n) is 12.1. The van der Waals surface area contributed by atoms with E-state index in [1.165, 1.54) is 24.4 Å². The predicted octanol–water partition coefficient (Wildman–Crippen LogP) is 7.45. The number of ether oxygens (including phenoxy) is 1. The van der Waals surface area contributed by atoms with Gasteiger partial charge in [0.15, 0.2) is 5.82 Å². The standard InChI is InChI=1S/C39H37ClF5N9O2S/c40-25-12-23-32(31(45)30(25)22-4-5-26(42)33-29(22)24(14-46)34(47)57-33)49-37(56-20-39-8-3-11-53(39)15-21(41)13-39)50-35(23)51-10-2-1-7-38(17-51)18-52(19-38)36(55)27-6-9-48-54(27)16-28(43)44/h4-6,9,12,21,28H,1-3,7-8,10-11,13,15-20,47H2/t21-,39+/m1/s1. The van der Waals surface area contributed by atoms with Gasteiger partial charge in [0.1, 0.15) is 53.2 Å². The van der Waals surface area contributed by atoms with Crippen molar-refractivity contribution in [3.8, 4) is 23.2 Å². The zero-order valence-electron chi connectivity index (χ0n) is 30.6. The lowest BCUT2D eigenvalue weighted by molar-refractivity contribution is 0.00509. The van der Waals surface area contributed by atoms with Crippen molar-refractivity contribution < 1.29 is 31.5 Å². The maximum absolute atomic E-state index is 17.3. The molecule has 7 heterocycles. The highest BCUT2D eigenvalue weighted by Gasteiger charge is 2.50. The van der Waals surface area contributed by atoms with Crippen LogP contribution in [0.15, 0.2) is 30.5 Å². The van der Waals surface area contributed by atoms with Crippen molar-refractivity contribution >= 4 is 60.7 Å². The Morgan fingerprint density at radius 3 is 2.74 bits per heavy atom. The summed E-state index contributed by atoms with van der Waals surface area (Å²) in [4.78, 5) is 28.7. The Kier molecular flexibility index (Phi) is 9.44. The molecule has 2 aromatic carbocycles. The van der Waals surface area contributed by atoms with Crippen LogP contribution in [0.1, 0.15) is 54.6 Å². The number of nitrogens with two attached hydrogens (primary N) is 1. The van der Waals surface area contributed by atoms with Crippen LogP contribution in [0.5, 0.6) is 6.01 Å². The van der Waals surface area contributed by atoms with Crippen LogP contribution in [-0.4, -0.2) is 99.5 Å². The van der Waals surface area contributed by atoms with Crippen LogP contribution in [0.25, 0.3) is 32.1 Å². The van der Waals surface area contributed by atoms with Crippen molar-refractivity contribution in [3.05, 3.63) is 58.4 Å². The molecule has 9 rings (SSSR count). The fourth-order valence-electron chi connectivity index (χ4n) is 9.53. The first kappa shape index (κ1) is 37.8. The average Bonchev–Trinajstić information content (AvgIpc) is 3.89. The Bertz CT molecular complexity index is 2470. The Hall–Kier alpha value is -4.79. The van der Waals surface area contributed by atoms with Crippen LogP contribution in [0, 0.1) is 28.4 Å². The van der Waals surface area contributed by atoms with Crippen LogP contribution in [0.3, 0.4) is 0 Å². The van der Waals surface area contributed by atoms with E-state index in [1.54, 1.807) is 11.0 Å². The Morgan fingerprint density at radius 1 is 1.12 bits per heavy atom. The second-order valence-electron chi connectivity index (χ2n) is 15.7. The zero-order chi connectivity index (χ0) is 39.8. The smallest absolute Gasteiger partial charge is 0.319 e. The number of fused-ring (bicyclic) bond motifs is 3. The molecule has 0 unspecified atom stereocenters. The largest absolute Gasteiger partial charge is 0.461 e. The normalized spacial score (nSPS) is 22.0. The molecule has 0 bridgehead atoms. The van der Waals surface area contributed by atoms with Crippen molar-refractivity contribution in [1.29, 1.82) is 5.26 Å². The quantitative estimate of drug-likeness (QED) is 0.159. The predicted molar refractivity (Wildman–Crippen MR) is 206 cm³/mol. The van der Waals surface area contributed by atoms with Gasteiger partial charge >= 0.3 is 6.01 Å². The number of carbonyl (C=O) groups is 1. The highest BCUT2D eigenvalue weighted by atomic mass is 35.5. The topological polar surface area (TPSA) is 129 Å². The lowest BCUT2D eigenvalue weighted by Crippen LogP contribution is -2.62. The number of nitrogen functional groups attached to an aromatic ring is 1. The number of alkyl halides is 3. The SMILES string of the molecule is N#Cc1c(N)sc2c(F)ccc(-c3c(Cl)cc4c(N5CCCCC6(CN(C(=O)c7ccnn7CC(F)F)C6)C5)nc(OC[C@@]56CCCN5C[C@H](F)C6)nc4c3F)c12. The fourth-order valence-corrected chi connectivity index (χ4v) is 10.8. The number of benzene rings is 2. The van der Waals surface area contributed by atoms with Gasteiger partial charge in [-0.05, 0) is 56.0 Å². The molecule has 4 fully saturated rings. The van der Waals surface area contributed by atoms with E-state index in [-0.39, 0.29) is 72.0 Å². The second-order valence-corrected chi connectivity index (χ2v) is 17.2. The Labute approximate surface area is 332 Å². The van der Waals surface area contributed by atoms with E-state index in [9.17, 15) is 23.2 Å². The molecule has 4 saturated heterocycles. The molecule has 1 amide bonds. The molecular weight excluding hydrogens is 789 g/mol. The molecule has 5 aromatic rings. The summed E-state index contributed by atoms with van der Waals surface area (Å²) in [5, 5.41) is 14.4. The molecule has 0 aliphatic carbocycles. The van der Waals surface area contributed by atoms with Crippen molar-refractivity contribution in [3.63, 3.8) is 0 Å². The summed E-state index contributed by atoms with van der Waals surface area (Å²) >= 11 is 7.83. The Morgan fingerprint density at radius 2 is 1.95 bits per heavy atom. The summed E-state index contributed by atoms with van der Waals surface area (Å²) in [6, 6.07) is 7.46. The number of aromatic nitrogens is 4. The summed E-state index contributed by atoms with van der Waals surface area (Å²) in [5.74, 6) is -1.47. The highest BCUT2D eigenvalue weighted by molar-refractivity contribution is 7.23. The molecule has 1 spiro atoms. The maximum atomic E-state index is 17.3. The number of carbonyl (C=O) groups excluding carboxylic acids is 1. The molecule has 3 aromatic heterocycles. The van der Waals surface area contributed by atoms with Crippen LogP contribution >= 0.6 is 22.9 Å². The third-order valence-corrected chi connectivity index (χ3v) is 13.4.